The number of carboxylic acid groups (broad SMARTS) is 1. The van der Waals surface area contributed by atoms with E-state index in [0.717, 1.165) is 11.3 Å². The van der Waals surface area contributed by atoms with Crippen molar-refractivity contribution in [3.8, 4) is 0 Å². The monoisotopic (exact) mass is 491 g/mol. The summed E-state index contributed by atoms with van der Waals surface area (Å²) in [6.07, 6.45) is 1.52. The fourth-order valence-corrected chi connectivity index (χ4v) is 4.92. The number of hydrogen-bond acceptors (Lipinski definition) is 7. The average molecular weight is 492 g/mol. The minimum Gasteiger partial charge on any atom is -0.507 e. The molecule has 4 aromatic rings. The molecule has 8 nitrogen and oxygen atoms in total. The number of pyridine rings is 1. The van der Waals surface area contributed by atoms with Crippen molar-refractivity contribution in [1.29, 1.82) is 0 Å². The van der Waals surface area contributed by atoms with E-state index in [0.29, 0.717) is 26.5 Å². The van der Waals surface area contributed by atoms with Crippen molar-refractivity contribution in [3.63, 3.8) is 0 Å². The Labute approximate surface area is 201 Å². The van der Waals surface area contributed by atoms with Crippen LogP contribution in [-0.2, 0) is 9.59 Å². The molecule has 2 N–H and O–H groups in total. The summed E-state index contributed by atoms with van der Waals surface area (Å²) in [6, 6.07) is 14.7. The molecule has 10 heteroatoms. The fraction of sp³-hybridized carbons (Fsp3) is 0.0417. The molecule has 168 valence electrons. The van der Waals surface area contributed by atoms with Gasteiger partial charge in [-0.25, -0.2) is 9.78 Å². The lowest BCUT2D eigenvalue weighted by Gasteiger charge is -2.21. The Hall–Kier alpha value is -4.08. The van der Waals surface area contributed by atoms with E-state index in [1.807, 2.05) is 0 Å². The third-order valence-electron chi connectivity index (χ3n) is 5.36. The van der Waals surface area contributed by atoms with Crippen LogP contribution in [0.4, 0.5) is 5.13 Å². The van der Waals surface area contributed by atoms with Crippen molar-refractivity contribution in [1.82, 2.24) is 9.97 Å². The van der Waals surface area contributed by atoms with Crippen molar-refractivity contribution in [2.24, 2.45) is 0 Å². The van der Waals surface area contributed by atoms with E-state index in [1.165, 1.54) is 23.2 Å². The predicted molar refractivity (Wildman–Crippen MR) is 127 cm³/mol. The lowest BCUT2D eigenvalue weighted by molar-refractivity contribution is -0.132. The maximum atomic E-state index is 13.2. The summed E-state index contributed by atoms with van der Waals surface area (Å²) in [5.74, 6) is -3.20. The number of fused-ring (bicyclic) bond motifs is 1. The van der Waals surface area contributed by atoms with E-state index >= 15 is 0 Å². The Morgan fingerprint density at radius 2 is 1.74 bits per heavy atom. The normalized spacial score (nSPS) is 17.4. The number of benzene rings is 2. The second-order valence-electron chi connectivity index (χ2n) is 7.41. The molecule has 0 bridgehead atoms. The van der Waals surface area contributed by atoms with Crippen molar-refractivity contribution in [3.05, 3.63) is 94.3 Å². The topological polar surface area (TPSA) is 121 Å². The number of halogens is 1. The first-order valence-corrected chi connectivity index (χ1v) is 11.2. The highest BCUT2D eigenvalue weighted by Crippen LogP contribution is 2.43. The predicted octanol–water partition coefficient (Wildman–Crippen LogP) is 4.67. The first-order chi connectivity index (χ1) is 16.3. The average Bonchev–Trinajstić information content (AvgIpc) is 3.37. The number of nitrogens with zero attached hydrogens (tertiary/aromatic N) is 3. The van der Waals surface area contributed by atoms with Gasteiger partial charge in [0.25, 0.3) is 5.78 Å². The molecule has 1 fully saturated rings. The van der Waals surface area contributed by atoms with Gasteiger partial charge < -0.3 is 10.2 Å². The maximum Gasteiger partial charge on any atom is 0.335 e. The Balaban J connectivity index is 1.70. The van der Waals surface area contributed by atoms with Crippen LogP contribution in [-0.4, -0.2) is 37.8 Å². The number of amides is 1. The molecule has 1 aliphatic rings. The molecule has 1 unspecified atom stereocenters. The number of aromatic carboxylic acids is 1. The van der Waals surface area contributed by atoms with Crippen molar-refractivity contribution < 1.29 is 24.6 Å². The van der Waals surface area contributed by atoms with E-state index in [1.54, 1.807) is 48.5 Å². The lowest BCUT2D eigenvalue weighted by Crippen LogP contribution is -2.29. The standard InChI is InChI=1S/C24H14ClN3O5S/c25-14-7-4-12(5-8-14)20(29)18-19(16-3-1-2-10-26-16)28(22(31)21(18)30)24-27-15-9-6-13(23(32)33)11-17(15)34-24/h1-11,19,29H,(H,32,33)/b20-18+. The number of aliphatic hydroxyl groups excluding tert-OH is 1. The van der Waals surface area contributed by atoms with Crippen LogP contribution < -0.4 is 4.90 Å². The molecular weight excluding hydrogens is 478 g/mol. The summed E-state index contributed by atoms with van der Waals surface area (Å²) in [4.78, 5) is 47.7. The number of Topliss-reactive ketones (excluding diaryl/α,β-unsaturated/α-hetero) is 1. The van der Waals surface area contributed by atoms with E-state index in [2.05, 4.69) is 9.97 Å². The Kier molecular flexibility index (Phi) is 5.35. The van der Waals surface area contributed by atoms with E-state index < -0.39 is 23.7 Å². The zero-order valence-electron chi connectivity index (χ0n) is 17.2. The van der Waals surface area contributed by atoms with Gasteiger partial charge in [0.15, 0.2) is 5.13 Å². The maximum absolute atomic E-state index is 13.2. The highest BCUT2D eigenvalue weighted by Gasteiger charge is 2.48. The quantitative estimate of drug-likeness (QED) is 0.242. The number of rotatable bonds is 4. The fourth-order valence-electron chi connectivity index (χ4n) is 3.76. The summed E-state index contributed by atoms with van der Waals surface area (Å²) >= 11 is 7.02. The smallest absolute Gasteiger partial charge is 0.335 e. The third kappa shape index (κ3) is 3.60. The molecule has 0 spiro atoms. The molecular formula is C24H14ClN3O5S. The number of aromatic nitrogens is 2. The van der Waals surface area contributed by atoms with Crippen LogP contribution in [0.5, 0.6) is 0 Å². The molecule has 0 saturated carbocycles. The Bertz CT molecular complexity index is 1500. The minimum atomic E-state index is -1.09. The van der Waals surface area contributed by atoms with Gasteiger partial charge in [0.2, 0.25) is 0 Å². The Morgan fingerprint density at radius 1 is 1.00 bits per heavy atom. The second kappa shape index (κ2) is 8.36. The zero-order valence-corrected chi connectivity index (χ0v) is 18.7. The van der Waals surface area contributed by atoms with E-state index in [-0.39, 0.29) is 22.0 Å². The van der Waals surface area contributed by atoms with Crippen LogP contribution in [0.3, 0.4) is 0 Å². The molecule has 1 amide bonds. The minimum absolute atomic E-state index is 0.0776. The first kappa shape index (κ1) is 21.7. The first-order valence-electron chi connectivity index (χ1n) is 9.97. The van der Waals surface area contributed by atoms with Crippen LogP contribution in [0.15, 0.2) is 72.4 Å². The third-order valence-corrected chi connectivity index (χ3v) is 6.63. The van der Waals surface area contributed by atoms with Crippen LogP contribution in [0.1, 0.15) is 27.7 Å². The molecule has 2 aromatic carbocycles. The van der Waals surface area contributed by atoms with Gasteiger partial charge in [0.1, 0.15) is 11.8 Å². The highest BCUT2D eigenvalue weighted by molar-refractivity contribution is 7.22. The molecule has 1 atom stereocenters. The van der Waals surface area contributed by atoms with Gasteiger partial charge in [0, 0.05) is 16.8 Å². The van der Waals surface area contributed by atoms with Gasteiger partial charge in [-0.15, -0.1) is 0 Å². The molecule has 34 heavy (non-hydrogen) atoms. The number of carboxylic acids is 1. The number of hydrogen-bond donors (Lipinski definition) is 2. The number of carbonyl (C=O) groups excluding carboxylic acids is 2. The van der Waals surface area contributed by atoms with E-state index in [9.17, 15) is 24.6 Å². The Morgan fingerprint density at radius 3 is 2.41 bits per heavy atom. The van der Waals surface area contributed by atoms with Gasteiger partial charge >= 0.3 is 11.9 Å². The molecule has 0 radical (unpaired) electrons. The number of thiazole rings is 1. The van der Waals surface area contributed by atoms with Crippen LogP contribution >= 0.6 is 22.9 Å². The van der Waals surface area contributed by atoms with Gasteiger partial charge in [0.05, 0.1) is 27.0 Å². The van der Waals surface area contributed by atoms with Gasteiger partial charge in [-0.1, -0.05) is 29.0 Å². The second-order valence-corrected chi connectivity index (χ2v) is 8.86. The van der Waals surface area contributed by atoms with Crippen molar-refractivity contribution in [2.45, 2.75) is 6.04 Å². The summed E-state index contributed by atoms with van der Waals surface area (Å²) in [5.41, 5.74) is 1.11. The zero-order chi connectivity index (χ0) is 24.0. The number of ketones is 1. The molecule has 1 saturated heterocycles. The van der Waals surface area contributed by atoms with Crippen molar-refractivity contribution >= 4 is 61.7 Å². The van der Waals surface area contributed by atoms with Crippen LogP contribution in [0.2, 0.25) is 5.02 Å². The van der Waals surface area contributed by atoms with Gasteiger partial charge in [-0.2, -0.15) is 0 Å². The molecule has 2 aromatic heterocycles. The van der Waals surface area contributed by atoms with Crippen molar-refractivity contribution in [2.75, 3.05) is 4.90 Å². The number of aliphatic hydroxyl groups is 1. The number of anilines is 1. The summed E-state index contributed by atoms with van der Waals surface area (Å²) in [6.45, 7) is 0. The summed E-state index contributed by atoms with van der Waals surface area (Å²) in [7, 11) is 0. The van der Waals surface area contributed by atoms with Gasteiger partial charge in [-0.05, 0) is 54.6 Å². The van der Waals surface area contributed by atoms with Crippen LogP contribution in [0.25, 0.3) is 16.0 Å². The van der Waals surface area contributed by atoms with E-state index in [4.69, 9.17) is 11.6 Å². The lowest BCUT2D eigenvalue weighted by atomic mass is 9.98. The molecule has 1 aliphatic heterocycles. The molecule has 5 rings (SSSR count). The van der Waals surface area contributed by atoms with Gasteiger partial charge in [-0.3, -0.25) is 19.5 Å². The number of carbonyl (C=O) groups is 3. The van der Waals surface area contributed by atoms with Crippen LogP contribution in [0, 0.1) is 0 Å². The SMILES string of the molecule is O=C1C(=O)N(c2nc3ccc(C(=O)O)cc3s2)C(c2ccccn2)/C1=C(\O)c1ccc(Cl)cc1. The largest absolute Gasteiger partial charge is 0.507 e. The summed E-state index contributed by atoms with van der Waals surface area (Å²) in [5, 5.41) is 21.0. The highest BCUT2D eigenvalue weighted by atomic mass is 35.5. The summed E-state index contributed by atoms with van der Waals surface area (Å²) < 4.78 is 0.536. The molecule has 0 aliphatic carbocycles. The molecule has 3 heterocycles.